The Labute approximate surface area is 112 Å². The first kappa shape index (κ1) is 16.1. The van der Waals surface area contributed by atoms with Gasteiger partial charge in [-0.15, -0.1) is 0 Å². The van der Waals surface area contributed by atoms with Crippen molar-refractivity contribution in [2.45, 2.75) is 30.9 Å². The SMILES string of the molecule is COC(COCC[SiH2]CCCOCC1CO1)OC. The van der Waals surface area contributed by atoms with Crippen molar-refractivity contribution in [3.8, 4) is 0 Å². The Morgan fingerprint density at radius 1 is 1.17 bits per heavy atom. The zero-order valence-corrected chi connectivity index (χ0v) is 13.0. The second-order valence-corrected chi connectivity index (χ2v) is 6.54. The lowest BCUT2D eigenvalue weighted by atomic mass is 10.5. The third-order valence-electron chi connectivity index (χ3n) is 2.81. The highest BCUT2D eigenvalue weighted by Crippen LogP contribution is 2.08. The molecule has 0 N–H and O–H groups in total. The average molecular weight is 278 g/mol. The van der Waals surface area contributed by atoms with Gasteiger partial charge in [-0.25, -0.2) is 0 Å². The van der Waals surface area contributed by atoms with Crippen LogP contribution in [0.25, 0.3) is 0 Å². The fraction of sp³-hybridized carbons (Fsp3) is 1.00. The van der Waals surface area contributed by atoms with Crippen LogP contribution in [0.1, 0.15) is 6.42 Å². The van der Waals surface area contributed by atoms with Gasteiger partial charge in [-0.1, -0.05) is 6.04 Å². The zero-order chi connectivity index (χ0) is 13.1. The molecule has 1 fully saturated rings. The van der Waals surface area contributed by atoms with Crippen molar-refractivity contribution in [2.75, 3.05) is 47.3 Å². The quantitative estimate of drug-likeness (QED) is 0.212. The molecular formula is C12H26O5Si. The summed E-state index contributed by atoms with van der Waals surface area (Å²) in [6, 6.07) is 2.54. The number of ether oxygens (including phenoxy) is 5. The highest BCUT2D eigenvalue weighted by atomic mass is 28.2. The summed E-state index contributed by atoms with van der Waals surface area (Å²) >= 11 is 0. The number of hydrogen-bond acceptors (Lipinski definition) is 5. The smallest absolute Gasteiger partial charge is 0.180 e. The van der Waals surface area contributed by atoms with Crippen LogP contribution in [0, 0.1) is 0 Å². The lowest BCUT2D eigenvalue weighted by molar-refractivity contribution is -0.139. The van der Waals surface area contributed by atoms with Crippen LogP contribution in [0.5, 0.6) is 0 Å². The van der Waals surface area contributed by atoms with Gasteiger partial charge in [-0.3, -0.25) is 0 Å². The van der Waals surface area contributed by atoms with Gasteiger partial charge < -0.3 is 23.7 Å². The third-order valence-corrected chi connectivity index (χ3v) is 4.60. The maximum Gasteiger partial charge on any atom is 0.180 e. The molecule has 1 heterocycles. The van der Waals surface area contributed by atoms with Gasteiger partial charge in [0.25, 0.3) is 0 Å². The van der Waals surface area contributed by atoms with Crippen LogP contribution in [0.15, 0.2) is 0 Å². The summed E-state index contributed by atoms with van der Waals surface area (Å²) in [4.78, 5) is 0. The summed E-state index contributed by atoms with van der Waals surface area (Å²) in [7, 11) is 3.25. The van der Waals surface area contributed by atoms with E-state index in [1.165, 1.54) is 18.5 Å². The van der Waals surface area contributed by atoms with Crippen LogP contribution in [0.2, 0.25) is 12.1 Å². The molecule has 6 heteroatoms. The minimum absolute atomic E-state index is 0.00424. The maximum atomic E-state index is 5.48. The highest BCUT2D eigenvalue weighted by Gasteiger charge is 2.21. The molecule has 0 amide bonds. The topological polar surface area (TPSA) is 49.5 Å². The molecule has 5 nitrogen and oxygen atoms in total. The highest BCUT2D eigenvalue weighted by molar-refractivity contribution is 6.35. The Morgan fingerprint density at radius 2 is 1.94 bits per heavy atom. The van der Waals surface area contributed by atoms with Gasteiger partial charge in [0.05, 0.1) is 19.8 Å². The maximum absolute atomic E-state index is 5.48. The lowest BCUT2D eigenvalue weighted by Crippen LogP contribution is -2.20. The molecule has 108 valence electrons. The molecule has 1 unspecified atom stereocenters. The molecule has 0 aliphatic carbocycles. The first-order valence-corrected chi connectivity index (χ1v) is 8.69. The molecule has 1 aliphatic rings. The van der Waals surface area contributed by atoms with Crippen molar-refractivity contribution in [3.63, 3.8) is 0 Å². The van der Waals surface area contributed by atoms with Crippen LogP contribution in [0.4, 0.5) is 0 Å². The standard InChI is InChI=1S/C12H26O5Si/c1-13-12(14-2)10-16-5-7-18-6-3-4-15-8-11-9-17-11/h11-12H,3-10,18H2,1-2H3. The van der Waals surface area contributed by atoms with Gasteiger partial charge in [0.15, 0.2) is 6.29 Å². The normalized spacial score (nSPS) is 19.2. The Balaban J connectivity index is 1.69. The Morgan fingerprint density at radius 3 is 2.61 bits per heavy atom. The second kappa shape index (κ2) is 10.9. The molecule has 0 saturated carbocycles. The van der Waals surface area contributed by atoms with E-state index in [9.17, 15) is 0 Å². The van der Waals surface area contributed by atoms with Gasteiger partial charge in [-0.05, 0) is 12.5 Å². The zero-order valence-electron chi connectivity index (χ0n) is 11.6. The van der Waals surface area contributed by atoms with Crippen LogP contribution < -0.4 is 0 Å². The third kappa shape index (κ3) is 9.01. The minimum atomic E-state index is -0.232. The van der Waals surface area contributed by atoms with Crippen molar-refractivity contribution in [1.82, 2.24) is 0 Å². The van der Waals surface area contributed by atoms with Gasteiger partial charge in [0, 0.05) is 37.0 Å². The van der Waals surface area contributed by atoms with E-state index in [-0.39, 0.29) is 15.8 Å². The summed E-state index contributed by atoms with van der Waals surface area (Å²) < 4.78 is 26.1. The molecule has 1 saturated heterocycles. The largest absolute Gasteiger partial charge is 0.379 e. The molecule has 0 spiro atoms. The number of epoxide rings is 1. The average Bonchev–Trinajstić information content (AvgIpc) is 3.20. The van der Waals surface area contributed by atoms with Crippen molar-refractivity contribution >= 4 is 9.52 Å². The molecule has 0 bridgehead atoms. The molecule has 1 rings (SSSR count). The summed E-state index contributed by atoms with van der Waals surface area (Å²) in [5.41, 5.74) is 0. The van der Waals surface area contributed by atoms with Crippen LogP contribution in [0.3, 0.4) is 0 Å². The molecule has 18 heavy (non-hydrogen) atoms. The summed E-state index contributed by atoms with van der Waals surface area (Å²) in [6.45, 7) is 3.89. The van der Waals surface area contributed by atoms with Gasteiger partial charge >= 0.3 is 0 Å². The monoisotopic (exact) mass is 278 g/mol. The van der Waals surface area contributed by atoms with Crippen LogP contribution >= 0.6 is 0 Å². The molecular weight excluding hydrogens is 252 g/mol. The van der Waals surface area contributed by atoms with Crippen molar-refractivity contribution in [1.29, 1.82) is 0 Å². The van der Waals surface area contributed by atoms with E-state index >= 15 is 0 Å². The first-order chi connectivity index (χ1) is 8.86. The van der Waals surface area contributed by atoms with Crippen LogP contribution in [-0.4, -0.2) is 69.2 Å². The van der Waals surface area contributed by atoms with E-state index in [1.54, 1.807) is 14.2 Å². The summed E-state index contributed by atoms with van der Waals surface area (Å²) in [6.07, 6.45) is 1.34. The van der Waals surface area contributed by atoms with E-state index < -0.39 is 0 Å². The van der Waals surface area contributed by atoms with Gasteiger partial charge in [0.1, 0.15) is 6.10 Å². The molecule has 1 aliphatic heterocycles. The van der Waals surface area contributed by atoms with E-state index in [2.05, 4.69) is 0 Å². The van der Waals surface area contributed by atoms with Crippen molar-refractivity contribution in [2.24, 2.45) is 0 Å². The second-order valence-electron chi connectivity index (χ2n) is 4.42. The number of hydrogen-bond donors (Lipinski definition) is 0. The fourth-order valence-electron chi connectivity index (χ4n) is 1.55. The number of methoxy groups -OCH3 is 2. The van der Waals surface area contributed by atoms with Crippen molar-refractivity contribution in [3.05, 3.63) is 0 Å². The van der Waals surface area contributed by atoms with Gasteiger partial charge in [-0.2, -0.15) is 0 Å². The van der Waals surface area contributed by atoms with Crippen LogP contribution in [-0.2, 0) is 23.7 Å². The lowest BCUT2D eigenvalue weighted by Gasteiger charge is -2.13. The minimum Gasteiger partial charge on any atom is -0.379 e. The van der Waals surface area contributed by atoms with E-state index in [1.807, 2.05) is 0 Å². The number of rotatable bonds is 13. The molecule has 1 atom stereocenters. The summed E-state index contributed by atoms with van der Waals surface area (Å²) in [5, 5.41) is 0. The molecule has 0 aromatic heterocycles. The van der Waals surface area contributed by atoms with E-state index in [0.29, 0.717) is 12.7 Å². The van der Waals surface area contributed by atoms with Crippen molar-refractivity contribution < 1.29 is 23.7 Å². The predicted octanol–water partition coefficient (Wildman–Crippen LogP) is 0.433. The summed E-state index contributed by atoms with van der Waals surface area (Å²) in [5.74, 6) is 0. The Kier molecular flexibility index (Phi) is 9.73. The Hall–Kier alpha value is 0.0169. The Bertz CT molecular complexity index is 185. The molecule has 0 radical (unpaired) electrons. The molecule has 0 aromatic carbocycles. The van der Waals surface area contributed by atoms with E-state index in [4.69, 9.17) is 23.7 Å². The predicted molar refractivity (Wildman–Crippen MR) is 72.0 cm³/mol. The van der Waals surface area contributed by atoms with E-state index in [0.717, 1.165) is 26.4 Å². The first-order valence-electron chi connectivity index (χ1n) is 6.69. The van der Waals surface area contributed by atoms with Gasteiger partial charge in [0.2, 0.25) is 0 Å². The fourth-order valence-corrected chi connectivity index (χ4v) is 2.87. The molecule has 0 aromatic rings.